The molecule has 16 heavy (non-hydrogen) atoms. The molecule has 0 spiro atoms. The summed E-state index contributed by atoms with van der Waals surface area (Å²) in [5, 5.41) is 16.2. The molecule has 1 rings (SSSR count). The number of hydrogen-bond donors (Lipinski definition) is 2. The van der Waals surface area contributed by atoms with Gasteiger partial charge in [0.05, 0.1) is 6.10 Å². The summed E-state index contributed by atoms with van der Waals surface area (Å²) in [5.74, 6) is -1.50. The average Bonchev–Trinajstić information content (AvgIpc) is 2.66. The van der Waals surface area contributed by atoms with E-state index in [4.69, 9.17) is 19.7 Å². The third-order valence-corrected chi connectivity index (χ3v) is 1.50. The zero-order valence-corrected chi connectivity index (χ0v) is 10.9. The van der Waals surface area contributed by atoms with Crippen LogP contribution in [0.1, 0.15) is 40.5 Å². The average molecular weight is 240 g/mol. The van der Waals surface area contributed by atoms with Gasteiger partial charge in [0.2, 0.25) is 0 Å². The van der Waals surface area contributed by atoms with Crippen molar-refractivity contribution in [2.24, 2.45) is 0 Å². The summed E-state index contributed by atoms with van der Waals surface area (Å²) >= 11 is 0. The zero-order valence-electron chi connectivity index (χ0n) is 10.9. The molecule has 1 aliphatic heterocycles. The fourth-order valence-corrected chi connectivity index (χ4v) is 0.960. The fourth-order valence-electron chi connectivity index (χ4n) is 0.960. The number of rotatable bonds is 2. The predicted molar refractivity (Wildman–Crippen MR) is 60.7 cm³/mol. The Morgan fingerprint density at radius 3 is 1.94 bits per heavy atom. The number of halogens is 1. The van der Waals surface area contributed by atoms with E-state index in [1.54, 1.807) is 7.11 Å². The molecular weight excluding hydrogens is 215 g/mol. The molecule has 2 N–H and O–H groups in total. The second-order valence-corrected chi connectivity index (χ2v) is 3.65. The van der Waals surface area contributed by atoms with Crippen LogP contribution in [0.5, 0.6) is 0 Å². The first kappa shape index (κ1) is 18.1. The van der Waals surface area contributed by atoms with E-state index in [1.165, 1.54) is 13.8 Å². The van der Waals surface area contributed by atoms with Gasteiger partial charge in [-0.05, 0) is 20.3 Å². The second kappa shape index (κ2) is 9.96. The van der Waals surface area contributed by atoms with Gasteiger partial charge < -0.3 is 19.7 Å². The summed E-state index contributed by atoms with van der Waals surface area (Å²) < 4.78 is 21.7. The summed E-state index contributed by atoms with van der Waals surface area (Å²) in [6, 6.07) is 0. The Morgan fingerprint density at radius 2 is 1.75 bits per heavy atom. The number of aliphatic hydroxyl groups is 2. The van der Waals surface area contributed by atoms with Crippen LogP contribution in [0, 0.1) is 0 Å². The van der Waals surface area contributed by atoms with Gasteiger partial charge in [0.15, 0.2) is 12.1 Å². The normalized spacial score (nSPS) is 24.0. The molecule has 2 unspecified atom stereocenters. The van der Waals surface area contributed by atoms with Crippen molar-refractivity contribution in [3.63, 3.8) is 0 Å². The van der Waals surface area contributed by atoms with E-state index in [2.05, 4.69) is 0 Å². The summed E-state index contributed by atoms with van der Waals surface area (Å²) in [6.07, 6.45) is 1.24. The lowest BCUT2D eigenvalue weighted by atomic mass is 10.2. The highest BCUT2D eigenvalue weighted by Gasteiger charge is 2.24. The minimum absolute atomic E-state index is 0.161. The van der Waals surface area contributed by atoms with Crippen molar-refractivity contribution < 1.29 is 24.1 Å². The molecule has 1 aliphatic rings. The van der Waals surface area contributed by atoms with Crippen molar-refractivity contribution in [2.75, 3.05) is 13.8 Å². The van der Waals surface area contributed by atoms with Gasteiger partial charge >= 0.3 is 0 Å². The highest BCUT2D eigenvalue weighted by atomic mass is 19.1. The van der Waals surface area contributed by atoms with E-state index < -0.39 is 5.79 Å². The molecule has 0 aliphatic carbocycles. The molecule has 0 aromatic carbocycles. The Labute approximate surface area is 97.4 Å². The molecule has 0 amide bonds. The van der Waals surface area contributed by atoms with E-state index in [-0.39, 0.29) is 19.1 Å². The van der Waals surface area contributed by atoms with Crippen LogP contribution in [0.15, 0.2) is 0 Å². The monoisotopic (exact) mass is 240 g/mol. The summed E-state index contributed by atoms with van der Waals surface area (Å²) in [5.41, 5.74) is 0. The minimum Gasteiger partial charge on any atom is -0.366 e. The van der Waals surface area contributed by atoms with E-state index in [9.17, 15) is 4.39 Å². The van der Waals surface area contributed by atoms with Gasteiger partial charge in [-0.2, -0.15) is 0 Å². The van der Waals surface area contributed by atoms with Crippen LogP contribution >= 0.6 is 0 Å². The van der Waals surface area contributed by atoms with Crippen LogP contribution in [-0.2, 0) is 9.47 Å². The highest BCUT2D eigenvalue weighted by molar-refractivity contribution is 4.66. The molecule has 0 aromatic rings. The van der Waals surface area contributed by atoms with E-state index in [0.29, 0.717) is 0 Å². The SMILES string of the molecule is CC.CC(C)(O)O.COC1CCC(CF)O1. The van der Waals surface area contributed by atoms with E-state index >= 15 is 0 Å². The van der Waals surface area contributed by atoms with Gasteiger partial charge in [-0.15, -0.1) is 0 Å². The molecule has 5 heteroatoms. The first-order valence-corrected chi connectivity index (χ1v) is 5.55. The maximum atomic E-state index is 11.8. The van der Waals surface area contributed by atoms with Crippen molar-refractivity contribution in [2.45, 2.75) is 58.7 Å². The maximum absolute atomic E-state index is 11.8. The van der Waals surface area contributed by atoms with Gasteiger partial charge in [-0.1, -0.05) is 13.8 Å². The van der Waals surface area contributed by atoms with E-state index in [1.807, 2.05) is 13.8 Å². The van der Waals surface area contributed by atoms with Crippen molar-refractivity contribution in [3.05, 3.63) is 0 Å². The zero-order chi connectivity index (χ0) is 13.2. The van der Waals surface area contributed by atoms with Crippen LogP contribution < -0.4 is 0 Å². The maximum Gasteiger partial charge on any atom is 0.157 e. The predicted octanol–water partition coefficient (Wildman–Crippen LogP) is 1.84. The molecule has 1 fully saturated rings. The van der Waals surface area contributed by atoms with Crippen molar-refractivity contribution in [3.8, 4) is 0 Å². The van der Waals surface area contributed by atoms with Crippen LogP contribution in [0.25, 0.3) is 0 Å². The first-order valence-electron chi connectivity index (χ1n) is 5.55. The molecular formula is C11H25FO4. The van der Waals surface area contributed by atoms with Gasteiger partial charge in [0.1, 0.15) is 6.67 Å². The van der Waals surface area contributed by atoms with Crippen LogP contribution in [0.3, 0.4) is 0 Å². The van der Waals surface area contributed by atoms with Gasteiger partial charge in [-0.3, -0.25) is 0 Å². The molecule has 0 saturated carbocycles. The lowest BCUT2D eigenvalue weighted by molar-refractivity contribution is -0.127. The van der Waals surface area contributed by atoms with Gasteiger partial charge in [0, 0.05) is 13.5 Å². The Balaban J connectivity index is 0. The Kier molecular flexibility index (Phi) is 11.3. The molecule has 0 aromatic heterocycles. The van der Waals surface area contributed by atoms with Gasteiger partial charge in [0.25, 0.3) is 0 Å². The third-order valence-electron chi connectivity index (χ3n) is 1.50. The van der Waals surface area contributed by atoms with Crippen molar-refractivity contribution in [1.82, 2.24) is 0 Å². The van der Waals surface area contributed by atoms with Gasteiger partial charge in [-0.25, -0.2) is 4.39 Å². The number of ether oxygens (including phenoxy) is 2. The topological polar surface area (TPSA) is 58.9 Å². The fraction of sp³-hybridized carbons (Fsp3) is 1.00. The van der Waals surface area contributed by atoms with Crippen LogP contribution in [0.4, 0.5) is 4.39 Å². The molecule has 4 nitrogen and oxygen atoms in total. The highest BCUT2D eigenvalue weighted by Crippen LogP contribution is 2.19. The smallest absolute Gasteiger partial charge is 0.157 e. The van der Waals surface area contributed by atoms with Crippen LogP contribution in [-0.4, -0.2) is 42.2 Å². The molecule has 1 heterocycles. The number of alkyl halides is 1. The summed E-state index contributed by atoms with van der Waals surface area (Å²) in [4.78, 5) is 0. The summed E-state index contributed by atoms with van der Waals surface area (Å²) in [7, 11) is 1.57. The molecule has 100 valence electrons. The standard InChI is InChI=1S/C6H11FO2.C3H8O2.C2H6/c1-8-6-3-2-5(4-7)9-6;1-3(2,4)5;1-2/h5-6H,2-4H2,1H3;4-5H,1-2H3;1-2H3. The Bertz CT molecular complexity index is 131. The largest absolute Gasteiger partial charge is 0.366 e. The molecule has 0 bridgehead atoms. The van der Waals surface area contributed by atoms with Crippen LogP contribution in [0.2, 0.25) is 0 Å². The molecule has 2 atom stereocenters. The second-order valence-electron chi connectivity index (χ2n) is 3.65. The quantitative estimate of drug-likeness (QED) is 0.723. The summed E-state index contributed by atoms with van der Waals surface area (Å²) in [6.45, 7) is 6.21. The van der Waals surface area contributed by atoms with E-state index in [0.717, 1.165) is 12.8 Å². The molecule has 1 saturated heterocycles. The lowest BCUT2D eigenvalue weighted by Crippen LogP contribution is -2.15. The number of methoxy groups -OCH3 is 1. The Hall–Kier alpha value is -0.230. The number of hydrogen-bond acceptors (Lipinski definition) is 4. The first-order chi connectivity index (χ1) is 7.36. The Morgan fingerprint density at radius 1 is 1.31 bits per heavy atom. The minimum atomic E-state index is -1.50. The molecule has 0 radical (unpaired) electrons. The van der Waals surface area contributed by atoms with Crippen molar-refractivity contribution in [1.29, 1.82) is 0 Å². The lowest BCUT2D eigenvalue weighted by Gasteiger charge is -2.07. The van der Waals surface area contributed by atoms with Crippen molar-refractivity contribution >= 4 is 0 Å². The third kappa shape index (κ3) is 13.8.